The summed E-state index contributed by atoms with van der Waals surface area (Å²) in [4.78, 5) is 6.80. The quantitative estimate of drug-likeness (QED) is 0.919. The van der Waals surface area contributed by atoms with Gasteiger partial charge in [-0.15, -0.1) is 0 Å². The Morgan fingerprint density at radius 2 is 2.00 bits per heavy atom. The lowest BCUT2D eigenvalue weighted by Crippen LogP contribution is -2.30. The summed E-state index contributed by atoms with van der Waals surface area (Å²) in [6, 6.07) is 6.80. The number of pyridine rings is 1. The highest BCUT2D eigenvalue weighted by Crippen LogP contribution is 2.21. The van der Waals surface area contributed by atoms with E-state index >= 15 is 0 Å². The minimum atomic E-state index is 0.0877. The number of hydrogen-bond donors (Lipinski definition) is 1. The third-order valence-corrected chi connectivity index (χ3v) is 4.05. The van der Waals surface area contributed by atoms with Crippen molar-refractivity contribution in [3.63, 3.8) is 0 Å². The Morgan fingerprint density at radius 3 is 2.59 bits per heavy atom. The molecular weight excluding hydrogens is 272 g/mol. The first kappa shape index (κ1) is 16.7. The summed E-state index contributed by atoms with van der Waals surface area (Å²) in [7, 11) is 2.15. The lowest BCUT2D eigenvalue weighted by molar-refractivity contribution is 0.244. The molecule has 0 bridgehead atoms. The molecule has 4 nitrogen and oxygen atoms in total. The molecule has 0 aliphatic rings. The molecule has 1 atom stereocenters. The zero-order valence-corrected chi connectivity index (χ0v) is 14.6. The highest BCUT2D eigenvalue weighted by Gasteiger charge is 2.18. The molecule has 0 radical (unpaired) electrons. The molecule has 120 valence electrons. The van der Waals surface area contributed by atoms with Crippen LogP contribution in [0.2, 0.25) is 0 Å². The first-order valence-corrected chi connectivity index (χ1v) is 7.92. The van der Waals surface area contributed by atoms with Crippen LogP contribution in [0.25, 0.3) is 0 Å². The molecule has 4 heteroatoms. The molecule has 0 unspecified atom stereocenters. The Morgan fingerprint density at radius 1 is 1.27 bits per heavy atom. The van der Waals surface area contributed by atoms with Gasteiger partial charge in [-0.1, -0.05) is 20.8 Å². The molecule has 0 spiro atoms. The van der Waals surface area contributed by atoms with Gasteiger partial charge in [0, 0.05) is 42.0 Å². The first-order valence-electron chi connectivity index (χ1n) is 7.92. The van der Waals surface area contributed by atoms with Gasteiger partial charge in [-0.05, 0) is 44.7 Å². The smallest absolute Gasteiger partial charge is 0.0678 e. The van der Waals surface area contributed by atoms with Crippen molar-refractivity contribution in [3.8, 4) is 0 Å². The van der Waals surface area contributed by atoms with Crippen LogP contribution in [-0.4, -0.2) is 33.2 Å². The highest BCUT2D eigenvalue weighted by molar-refractivity contribution is 5.17. The van der Waals surface area contributed by atoms with E-state index in [0.717, 1.165) is 30.0 Å². The number of H-pyrrole nitrogens is 1. The highest BCUT2D eigenvalue weighted by atomic mass is 15.2. The zero-order valence-electron chi connectivity index (χ0n) is 14.6. The number of hydrogen-bond acceptors (Lipinski definition) is 3. The Kier molecular flexibility index (Phi) is 5.01. The lowest BCUT2D eigenvalue weighted by Gasteiger charge is -2.23. The predicted molar refractivity (Wildman–Crippen MR) is 90.9 cm³/mol. The van der Waals surface area contributed by atoms with Crippen LogP contribution in [0.4, 0.5) is 0 Å². The van der Waals surface area contributed by atoms with Crippen molar-refractivity contribution < 1.29 is 0 Å². The monoisotopic (exact) mass is 300 g/mol. The first-order chi connectivity index (χ1) is 10.3. The minimum absolute atomic E-state index is 0.0877. The van der Waals surface area contributed by atoms with Crippen LogP contribution in [0.1, 0.15) is 50.3 Å². The molecular formula is C18H28N4. The average Bonchev–Trinajstić information content (AvgIpc) is 2.87. The van der Waals surface area contributed by atoms with Crippen LogP contribution in [0.3, 0.4) is 0 Å². The van der Waals surface area contributed by atoms with E-state index in [1.54, 1.807) is 0 Å². The number of aromatic nitrogens is 3. The molecule has 2 heterocycles. The van der Waals surface area contributed by atoms with E-state index in [0.29, 0.717) is 6.04 Å². The summed E-state index contributed by atoms with van der Waals surface area (Å²) in [5, 5.41) is 7.60. The van der Waals surface area contributed by atoms with Gasteiger partial charge in [-0.2, -0.15) is 5.10 Å². The van der Waals surface area contributed by atoms with E-state index in [1.807, 2.05) is 12.3 Å². The Hall–Kier alpha value is -1.68. The third-order valence-electron chi connectivity index (χ3n) is 4.05. The van der Waals surface area contributed by atoms with Gasteiger partial charge < -0.3 is 0 Å². The van der Waals surface area contributed by atoms with Gasteiger partial charge >= 0.3 is 0 Å². The van der Waals surface area contributed by atoms with E-state index in [1.165, 1.54) is 5.56 Å². The van der Waals surface area contributed by atoms with Gasteiger partial charge in [0.05, 0.1) is 5.69 Å². The maximum atomic E-state index is 4.46. The van der Waals surface area contributed by atoms with Gasteiger partial charge in [0.25, 0.3) is 0 Å². The number of likely N-dealkylation sites (N-methyl/N-ethyl adjacent to an activating group) is 1. The Balaban J connectivity index is 1.96. The predicted octanol–water partition coefficient (Wildman–Crippen LogP) is 3.47. The van der Waals surface area contributed by atoms with Crippen molar-refractivity contribution in [2.75, 3.05) is 7.05 Å². The number of rotatable bonds is 5. The number of aromatic amines is 1. The molecule has 22 heavy (non-hydrogen) atoms. The van der Waals surface area contributed by atoms with Crippen LogP contribution in [-0.2, 0) is 18.4 Å². The molecule has 0 aromatic carbocycles. The van der Waals surface area contributed by atoms with E-state index in [2.05, 4.69) is 73.9 Å². The second-order valence-corrected chi connectivity index (χ2v) is 7.32. The van der Waals surface area contributed by atoms with E-state index in [9.17, 15) is 0 Å². The summed E-state index contributed by atoms with van der Waals surface area (Å²) >= 11 is 0. The zero-order chi connectivity index (χ0) is 16.3. The van der Waals surface area contributed by atoms with Crippen LogP contribution in [0.5, 0.6) is 0 Å². The summed E-state index contributed by atoms with van der Waals surface area (Å²) < 4.78 is 0. The van der Waals surface area contributed by atoms with Crippen molar-refractivity contribution in [1.82, 2.24) is 20.1 Å². The number of nitrogens with zero attached hydrogens (tertiary/aromatic N) is 3. The second-order valence-electron chi connectivity index (χ2n) is 7.32. The van der Waals surface area contributed by atoms with Crippen molar-refractivity contribution >= 4 is 0 Å². The fourth-order valence-corrected chi connectivity index (χ4v) is 2.42. The summed E-state index contributed by atoms with van der Waals surface area (Å²) in [5.41, 5.74) is 4.78. The lowest BCUT2D eigenvalue weighted by atomic mass is 9.92. The van der Waals surface area contributed by atoms with E-state index < -0.39 is 0 Å². The van der Waals surface area contributed by atoms with Gasteiger partial charge in [0.15, 0.2) is 0 Å². The largest absolute Gasteiger partial charge is 0.298 e. The van der Waals surface area contributed by atoms with Crippen molar-refractivity contribution in [2.45, 2.75) is 59.0 Å². The van der Waals surface area contributed by atoms with Crippen LogP contribution >= 0.6 is 0 Å². The Labute approximate surface area is 134 Å². The summed E-state index contributed by atoms with van der Waals surface area (Å²) in [6.45, 7) is 11.8. The molecule has 2 rings (SSSR count). The van der Waals surface area contributed by atoms with Crippen LogP contribution in [0, 0.1) is 6.92 Å². The number of aryl methyl sites for hydroxylation is 1. The van der Waals surface area contributed by atoms with Gasteiger partial charge in [-0.3, -0.25) is 15.0 Å². The van der Waals surface area contributed by atoms with Gasteiger partial charge in [-0.25, -0.2) is 0 Å². The minimum Gasteiger partial charge on any atom is -0.298 e. The maximum absolute atomic E-state index is 4.46. The molecule has 0 aliphatic carbocycles. The summed E-state index contributed by atoms with van der Waals surface area (Å²) in [5.74, 6) is 0. The fraction of sp³-hybridized carbons (Fsp3) is 0.556. The molecule has 0 aliphatic heterocycles. The average molecular weight is 300 g/mol. The third kappa shape index (κ3) is 4.41. The molecule has 0 amide bonds. The fourth-order valence-electron chi connectivity index (χ4n) is 2.42. The standard InChI is InChI=1S/C18H28N4/c1-13-7-8-19-15(9-13)10-14(2)22(6)12-16-11-17(21-20-16)18(3,4)5/h7-9,11,14H,10,12H2,1-6H3,(H,20,21)/t14-/m1/s1. The molecule has 2 aromatic rings. The van der Waals surface area contributed by atoms with Crippen LogP contribution < -0.4 is 0 Å². The van der Waals surface area contributed by atoms with Gasteiger partial charge in [0.1, 0.15) is 0 Å². The Bertz CT molecular complexity index is 610. The van der Waals surface area contributed by atoms with Crippen LogP contribution in [0.15, 0.2) is 24.4 Å². The molecule has 0 saturated carbocycles. The van der Waals surface area contributed by atoms with Crippen molar-refractivity contribution in [2.24, 2.45) is 0 Å². The van der Waals surface area contributed by atoms with Crippen molar-refractivity contribution in [3.05, 3.63) is 47.0 Å². The molecule has 0 saturated heterocycles. The normalized spacial score (nSPS) is 13.6. The molecule has 1 N–H and O–H groups in total. The summed E-state index contributed by atoms with van der Waals surface area (Å²) in [6.07, 6.45) is 2.85. The molecule has 2 aromatic heterocycles. The van der Waals surface area contributed by atoms with E-state index in [-0.39, 0.29) is 5.41 Å². The van der Waals surface area contributed by atoms with E-state index in [4.69, 9.17) is 0 Å². The SMILES string of the molecule is Cc1ccnc(C[C@@H](C)N(C)Cc2cc(C(C)(C)C)n[nH]2)c1. The topological polar surface area (TPSA) is 44.8 Å². The second kappa shape index (κ2) is 6.61. The van der Waals surface area contributed by atoms with Gasteiger partial charge in [0.2, 0.25) is 0 Å². The number of nitrogens with one attached hydrogen (secondary N) is 1. The molecule has 0 fully saturated rings. The van der Waals surface area contributed by atoms with Crippen molar-refractivity contribution in [1.29, 1.82) is 0 Å². The maximum Gasteiger partial charge on any atom is 0.0678 e.